The number of halogens is 1. The highest BCUT2D eigenvalue weighted by Gasteiger charge is 2.08. The molecule has 20 heavy (non-hydrogen) atoms. The molecule has 0 saturated carbocycles. The average molecular weight is 334 g/mol. The van der Waals surface area contributed by atoms with Crippen LogP contribution in [0.2, 0.25) is 0 Å². The molecular formula is C14H12BrN3O2. The number of benzene rings is 1. The number of carbonyl (C=O) groups is 2. The summed E-state index contributed by atoms with van der Waals surface area (Å²) in [5.41, 5.74) is 0.515. The molecule has 2 rings (SSSR count). The predicted molar refractivity (Wildman–Crippen MR) is 79.3 cm³/mol. The second-order valence-corrected chi connectivity index (χ2v) is 4.87. The fraction of sp³-hybridized carbons (Fsp3) is 0.0714. The maximum Gasteiger partial charge on any atom is 0.251 e. The van der Waals surface area contributed by atoms with Crippen molar-refractivity contribution in [2.75, 3.05) is 11.9 Å². The van der Waals surface area contributed by atoms with Crippen molar-refractivity contribution in [3.05, 3.63) is 58.7 Å². The molecule has 1 aromatic carbocycles. The first-order valence-electron chi connectivity index (χ1n) is 5.90. The summed E-state index contributed by atoms with van der Waals surface area (Å²) >= 11 is 3.28. The summed E-state index contributed by atoms with van der Waals surface area (Å²) in [6, 6.07) is 12.2. The number of carbonyl (C=O) groups excluding carboxylic acids is 2. The smallest absolute Gasteiger partial charge is 0.251 e. The lowest BCUT2D eigenvalue weighted by atomic mass is 10.2. The second kappa shape index (κ2) is 6.81. The molecule has 2 aromatic rings. The minimum absolute atomic E-state index is 0.109. The Bertz CT molecular complexity index is 617. The van der Waals surface area contributed by atoms with Crippen molar-refractivity contribution in [3.8, 4) is 0 Å². The molecular weight excluding hydrogens is 322 g/mol. The number of aromatic nitrogens is 1. The fourth-order valence-corrected chi connectivity index (χ4v) is 1.85. The Labute approximate surface area is 124 Å². The monoisotopic (exact) mass is 333 g/mol. The van der Waals surface area contributed by atoms with E-state index in [2.05, 4.69) is 31.5 Å². The van der Waals surface area contributed by atoms with Gasteiger partial charge in [0.2, 0.25) is 5.91 Å². The summed E-state index contributed by atoms with van der Waals surface area (Å²) in [7, 11) is 0. The van der Waals surface area contributed by atoms with Gasteiger partial charge in [-0.1, -0.05) is 34.1 Å². The first-order chi connectivity index (χ1) is 9.65. The summed E-state index contributed by atoms with van der Waals surface area (Å²) in [4.78, 5) is 27.4. The van der Waals surface area contributed by atoms with E-state index in [4.69, 9.17) is 0 Å². The van der Waals surface area contributed by atoms with Crippen molar-refractivity contribution in [2.24, 2.45) is 0 Å². The molecule has 0 saturated heterocycles. The van der Waals surface area contributed by atoms with Crippen LogP contribution in [0.15, 0.2) is 53.1 Å². The van der Waals surface area contributed by atoms with Gasteiger partial charge in [-0.3, -0.25) is 9.59 Å². The van der Waals surface area contributed by atoms with Crippen molar-refractivity contribution < 1.29 is 9.59 Å². The molecule has 1 heterocycles. The largest absolute Gasteiger partial charge is 0.343 e. The van der Waals surface area contributed by atoms with Gasteiger partial charge in [0.15, 0.2) is 0 Å². The van der Waals surface area contributed by atoms with Crippen molar-refractivity contribution in [1.82, 2.24) is 10.3 Å². The molecule has 6 heteroatoms. The third-order valence-corrected chi connectivity index (χ3v) is 2.93. The van der Waals surface area contributed by atoms with Crippen LogP contribution in [0.5, 0.6) is 0 Å². The van der Waals surface area contributed by atoms with Crippen molar-refractivity contribution in [3.63, 3.8) is 0 Å². The Hall–Kier alpha value is -2.21. The topological polar surface area (TPSA) is 71.1 Å². The first-order valence-corrected chi connectivity index (χ1v) is 6.69. The number of hydrogen-bond donors (Lipinski definition) is 2. The molecule has 0 fully saturated rings. The van der Waals surface area contributed by atoms with Gasteiger partial charge in [-0.05, 0) is 24.3 Å². The zero-order valence-corrected chi connectivity index (χ0v) is 12.1. The van der Waals surface area contributed by atoms with Crippen LogP contribution in [0.3, 0.4) is 0 Å². The van der Waals surface area contributed by atoms with E-state index in [-0.39, 0.29) is 18.4 Å². The van der Waals surface area contributed by atoms with E-state index >= 15 is 0 Å². The second-order valence-electron chi connectivity index (χ2n) is 3.96. The minimum atomic E-state index is -0.333. The summed E-state index contributed by atoms with van der Waals surface area (Å²) in [5, 5.41) is 5.14. The summed E-state index contributed by atoms with van der Waals surface area (Å²) in [5.74, 6) is -0.193. The number of amides is 2. The van der Waals surface area contributed by atoms with Crippen LogP contribution in [0.25, 0.3) is 0 Å². The van der Waals surface area contributed by atoms with Crippen molar-refractivity contribution >= 4 is 33.6 Å². The fourth-order valence-electron chi connectivity index (χ4n) is 1.51. The Morgan fingerprint density at radius 1 is 1.15 bits per heavy atom. The van der Waals surface area contributed by atoms with Crippen LogP contribution in [0, 0.1) is 0 Å². The Morgan fingerprint density at radius 3 is 2.60 bits per heavy atom. The van der Waals surface area contributed by atoms with Gasteiger partial charge in [-0.2, -0.15) is 0 Å². The normalized spacial score (nSPS) is 9.85. The van der Waals surface area contributed by atoms with Gasteiger partial charge in [0.05, 0.1) is 6.54 Å². The quantitative estimate of drug-likeness (QED) is 0.901. The van der Waals surface area contributed by atoms with E-state index in [0.29, 0.717) is 11.4 Å². The van der Waals surface area contributed by atoms with E-state index in [0.717, 1.165) is 4.47 Å². The number of pyridine rings is 1. The molecule has 0 atom stereocenters. The van der Waals surface area contributed by atoms with E-state index in [1.807, 2.05) is 6.07 Å². The highest BCUT2D eigenvalue weighted by atomic mass is 79.9. The number of rotatable bonds is 4. The van der Waals surface area contributed by atoms with E-state index in [1.54, 1.807) is 42.6 Å². The van der Waals surface area contributed by atoms with E-state index < -0.39 is 0 Å². The lowest BCUT2D eigenvalue weighted by Gasteiger charge is -2.06. The van der Waals surface area contributed by atoms with Gasteiger partial charge >= 0.3 is 0 Å². The van der Waals surface area contributed by atoms with Crippen LogP contribution in [0.1, 0.15) is 10.4 Å². The van der Waals surface area contributed by atoms with Crippen LogP contribution in [-0.2, 0) is 4.79 Å². The maximum absolute atomic E-state index is 11.7. The molecule has 102 valence electrons. The molecule has 0 aliphatic carbocycles. The molecule has 0 unspecified atom stereocenters. The zero-order valence-electron chi connectivity index (χ0n) is 10.5. The maximum atomic E-state index is 11.7. The third kappa shape index (κ3) is 4.17. The number of nitrogens with zero attached hydrogens (tertiary/aromatic N) is 1. The predicted octanol–water partition coefficient (Wildman–Crippen LogP) is 2.21. The highest BCUT2D eigenvalue weighted by molar-refractivity contribution is 9.10. The van der Waals surface area contributed by atoms with Crippen molar-refractivity contribution in [1.29, 1.82) is 0 Å². The molecule has 5 nitrogen and oxygen atoms in total. The van der Waals surface area contributed by atoms with Gasteiger partial charge in [0, 0.05) is 16.2 Å². The van der Waals surface area contributed by atoms with Gasteiger partial charge in [0.25, 0.3) is 5.91 Å². The number of hydrogen-bond acceptors (Lipinski definition) is 3. The molecule has 1 aromatic heterocycles. The van der Waals surface area contributed by atoms with Crippen LogP contribution in [0.4, 0.5) is 5.82 Å². The summed E-state index contributed by atoms with van der Waals surface area (Å²) in [6.07, 6.45) is 1.57. The Balaban J connectivity index is 1.85. The molecule has 0 radical (unpaired) electrons. The molecule has 2 N–H and O–H groups in total. The van der Waals surface area contributed by atoms with Crippen LogP contribution < -0.4 is 10.6 Å². The Morgan fingerprint density at radius 2 is 1.90 bits per heavy atom. The number of nitrogens with one attached hydrogen (secondary N) is 2. The average Bonchev–Trinajstić information content (AvgIpc) is 2.46. The van der Waals surface area contributed by atoms with Gasteiger partial charge in [-0.15, -0.1) is 0 Å². The molecule has 0 spiro atoms. The lowest BCUT2D eigenvalue weighted by molar-refractivity contribution is -0.115. The Kier molecular flexibility index (Phi) is 4.84. The third-order valence-electron chi connectivity index (χ3n) is 2.43. The molecule has 0 aliphatic rings. The van der Waals surface area contributed by atoms with E-state index in [9.17, 15) is 9.59 Å². The molecule has 0 aliphatic heterocycles. The SMILES string of the molecule is O=C(CNC(=O)c1ccccc1)Nc1cc(Br)ccn1. The van der Waals surface area contributed by atoms with Gasteiger partial charge < -0.3 is 10.6 Å². The highest BCUT2D eigenvalue weighted by Crippen LogP contribution is 2.12. The van der Waals surface area contributed by atoms with Crippen LogP contribution in [-0.4, -0.2) is 23.3 Å². The first kappa shape index (κ1) is 14.2. The zero-order chi connectivity index (χ0) is 14.4. The van der Waals surface area contributed by atoms with E-state index in [1.165, 1.54) is 0 Å². The molecule has 2 amide bonds. The lowest BCUT2D eigenvalue weighted by Crippen LogP contribution is -2.32. The van der Waals surface area contributed by atoms with Gasteiger partial charge in [-0.25, -0.2) is 4.98 Å². The standard InChI is InChI=1S/C14H12BrN3O2/c15-11-6-7-16-12(8-11)18-13(19)9-17-14(20)10-4-2-1-3-5-10/h1-8H,9H2,(H,17,20)(H,16,18,19). The van der Waals surface area contributed by atoms with Crippen molar-refractivity contribution in [2.45, 2.75) is 0 Å². The van der Waals surface area contributed by atoms with Gasteiger partial charge in [0.1, 0.15) is 5.82 Å². The minimum Gasteiger partial charge on any atom is -0.343 e. The summed E-state index contributed by atoms with van der Waals surface area (Å²) < 4.78 is 0.816. The summed E-state index contributed by atoms with van der Waals surface area (Å²) in [6.45, 7) is -0.109. The number of anilines is 1. The van der Waals surface area contributed by atoms with Crippen LogP contribution >= 0.6 is 15.9 Å². The molecule has 0 bridgehead atoms.